The van der Waals surface area contributed by atoms with Gasteiger partial charge in [0.05, 0.1) is 5.00 Å². The molecule has 1 amide bonds. The second-order valence-electron chi connectivity index (χ2n) is 3.25. The van der Waals surface area contributed by atoms with Crippen LogP contribution in [0.25, 0.3) is 0 Å². The monoisotopic (exact) mass is 217 g/mol. The number of carbonyl (C=O) groups is 1. The molecule has 0 aliphatic carbocycles. The zero-order valence-electron chi connectivity index (χ0n) is 8.36. The molecular formula is C12H11NOS. The van der Waals surface area contributed by atoms with Crippen LogP contribution < -0.4 is 5.32 Å². The van der Waals surface area contributed by atoms with Gasteiger partial charge in [-0.15, -0.1) is 11.3 Å². The van der Waals surface area contributed by atoms with Gasteiger partial charge in [0.25, 0.3) is 5.91 Å². The average Bonchev–Trinajstić information content (AvgIpc) is 2.71. The summed E-state index contributed by atoms with van der Waals surface area (Å²) in [7, 11) is 0. The van der Waals surface area contributed by atoms with Gasteiger partial charge in [0, 0.05) is 5.56 Å². The molecule has 76 valence electrons. The molecule has 0 unspecified atom stereocenters. The van der Waals surface area contributed by atoms with Crippen LogP contribution in [-0.2, 0) is 0 Å². The molecule has 0 aliphatic heterocycles. The minimum Gasteiger partial charge on any atom is -0.314 e. The summed E-state index contributed by atoms with van der Waals surface area (Å²) in [5.41, 5.74) is 1.72. The predicted molar refractivity (Wildman–Crippen MR) is 63.5 cm³/mol. The van der Waals surface area contributed by atoms with Crippen molar-refractivity contribution in [2.24, 2.45) is 0 Å². The van der Waals surface area contributed by atoms with Crippen molar-refractivity contribution in [3.05, 3.63) is 52.9 Å². The van der Waals surface area contributed by atoms with Gasteiger partial charge in [-0.1, -0.05) is 18.2 Å². The first kappa shape index (κ1) is 9.93. The Morgan fingerprint density at radius 3 is 2.67 bits per heavy atom. The number of benzene rings is 1. The predicted octanol–water partition coefficient (Wildman–Crippen LogP) is 3.31. The number of rotatable bonds is 2. The molecule has 0 saturated carbocycles. The minimum absolute atomic E-state index is 0.0458. The molecule has 2 rings (SSSR count). The second-order valence-corrected chi connectivity index (χ2v) is 4.19. The van der Waals surface area contributed by atoms with E-state index < -0.39 is 0 Å². The molecule has 1 aromatic carbocycles. The van der Waals surface area contributed by atoms with Crippen LogP contribution in [0.1, 0.15) is 15.9 Å². The van der Waals surface area contributed by atoms with Gasteiger partial charge in [0.2, 0.25) is 0 Å². The van der Waals surface area contributed by atoms with Gasteiger partial charge in [-0.3, -0.25) is 4.79 Å². The fourth-order valence-corrected chi connectivity index (χ4v) is 1.97. The van der Waals surface area contributed by atoms with Gasteiger partial charge in [-0.25, -0.2) is 0 Å². The molecule has 0 fully saturated rings. The van der Waals surface area contributed by atoms with Crippen LogP contribution in [0.3, 0.4) is 0 Å². The molecule has 0 spiro atoms. The minimum atomic E-state index is -0.0458. The summed E-state index contributed by atoms with van der Waals surface area (Å²) in [6.45, 7) is 1.93. The van der Waals surface area contributed by atoms with Gasteiger partial charge in [0.1, 0.15) is 0 Å². The molecule has 2 aromatic rings. The second kappa shape index (κ2) is 4.28. The third-order valence-electron chi connectivity index (χ3n) is 2.15. The lowest BCUT2D eigenvalue weighted by Crippen LogP contribution is -2.12. The Balaban J connectivity index is 2.19. The standard InChI is InChI=1S/C12H11NOS/c1-9-5-2-3-6-10(9)12(14)13-11-7-4-8-15-11/h2-8H,1H3,(H,13,14). The lowest BCUT2D eigenvalue weighted by Gasteiger charge is -2.04. The molecule has 1 aromatic heterocycles. The normalized spacial score (nSPS) is 9.93. The van der Waals surface area contributed by atoms with E-state index in [9.17, 15) is 4.79 Å². The quantitative estimate of drug-likeness (QED) is 0.821. The number of hydrogen-bond donors (Lipinski definition) is 1. The molecule has 0 atom stereocenters. The zero-order chi connectivity index (χ0) is 10.7. The number of nitrogens with one attached hydrogen (secondary N) is 1. The fraction of sp³-hybridized carbons (Fsp3) is 0.0833. The number of thiophene rings is 1. The van der Waals surface area contributed by atoms with Crippen molar-refractivity contribution in [2.75, 3.05) is 5.32 Å². The number of carbonyl (C=O) groups excluding carboxylic acids is 1. The Labute approximate surface area is 92.6 Å². The van der Waals surface area contributed by atoms with Crippen LogP contribution in [0.15, 0.2) is 41.8 Å². The van der Waals surface area contributed by atoms with Crippen molar-refractivity contribution in [3.8, 4) is 0 Å². The topological polar surface area (TPSA) is 29.1 Å². The highest BCUT2D eigenvalue weighted by atomic mass is 32.1. The highest BCUT2D eigenvalue weighted by Crippen LogP contribution is 2.17. The maximum Gasteiger partial charge on any atom is 0.256 e. The van der Waals surface area contributed by atoms with Crippen molar-refractivity contribution < 1.29 is 4.79 Å². The molecule has 3 heteroatoms. The van der Waals surface area contributed by atoms with Gasteiger partial charge in [-0.05, 0) is 36.1 Å². The summed E-state index contributed by atoms with van der Waals surface area (Å²) in [6.07, 6.45) is 0. The van der Waals surface area contributed by atoms with Crippen molar-refractivity contribution in [1.29, 1.82) is 0 Å². The summed E-state index contributed by atoms with van der Waals surface area (Å²) in [5.74, 6) is -0.0458. The van der Waals surface area contributed by atoms with Crippen molar-refractivity contribution in [3.63, 3.8) is 0 Å². The van der Waals surface area contributed by atoms with Crippen LogP contribution in [0, 0.1) is 6.92 Å². The molecule has 15 heavy (non-hydrogen) atoms. The highest BCUT2D eigenvalue weighted by Gasteiger charge is 2.08. The Bertz CT molecular complexity index is 462. The van der Waals surface area contributed by atoms with E-state index in [1.54, 1.807) is 0 Å². The van der Waals surface area contributed by atoms with Crippen LogP contribution in [0.2, 0.25) is 0 Å². The first-order valence-corrected chi connectivity index (χ1v) is 5.56. The van der Waals surface area contributed by atoms with Crippen LogP contribution in [-0.4, -0.2) is 5.91 Å². The highest BCUT2D eigenvalue weighted by molar-refractivity contribution is 7.14. The van der Waals surface area contributed by atoms with Crippen molar-refractivity contribution >= 4 is 22.2 Å². The molecule has 2 nitrogen and oxygen atoms in total. The third-order valence-corrected chi connectivity index (χ3v) is 2.93. The third kappa shape index (κ3) is 2.25. The maximum atomic E-state index is 11.8. The largest absolute Gasteiger partial charge is 0.314 e. The first-order chi connectivity index (χ1) is 7.27. The Morgan fingerprint density at radius 2 is 2.00 bits per heavy atom. The number of aryl methyl sites for hydroxylation is 1. The van der Waals surface area contributed by atoms with E-state index in [1.165, 1.54) is 11.3 Å². The molecule has 0 aliphatic rings. The van der Waals surface area contributed by atoms with Crippen molar-refractivity contribution in [2.45, 2.75) is 6.92 Å². The van der Waals surface area contributed by atoms with Crippen LogP contribution in [0.4, 0.5) is 5.00 Å². The molecular weight excluding hydrogens is 206 g/mol. The Hall–Kier alpha value is -1.61. The Morgan fingerprint density at radius 1 is 1.20 bits per heavy atom. The number of hydrogen-bond acceptors (Lipinski definition) is 2. The summed E-state index contributed by atoms with van der Waals surface area (Å²) in [4.78, 5) is 11.8. The van der Waals surface area contributed by atoms with Gasteiger partial charge in [-0.2, -0.15) is 0 Å². The fourth-order valence-electron chi connectivity index (χ4n) is 1.36. The van der Waals surface area contributed by atoms with E-state index in [1.807, 2.05) is 48.7 Å². The van der Waals surface area contributed by atoms with E-state index in [2.05, 4.69) is 5.32 Å². The van der Waals surface area contributed by atoms with Crippen molar-refractivity contribution in [1.82, 2.24) is 0 Å². The first-order valence-electron chi connectivity index (χ1n) is 4.68. The smallest absolute Gasteiger partial charge is 0.256 e. The zero-order valence-corrected chi connectivity index (χ0v) is 9.17. The van der Waals surface area contributed by atoms with Gasteiger partial charge >= 0.3 is 0 Å². The van der Waals surface area contributed by atoms with E-state index in [0.29, 0.717) is 0 Å². The molecule has 1 heterocycles. The number of anilines is 1. The summed E-state index contributed by atoms with van der Waals surface area (Å²) >= 11 is 1.52. The van der Waals surface area contributed by atoms with Gasteiger partial charge < -0.3 is 5.32 Å². The SMILES string of the molecule is Cc1ccccc1C(=O)Nc1cccs1. The molecule has 0 radical (unpaired) electrons. The average molecular weight is 217 g/mol. The van der Waals surface area contributed by atoms with Crippen LogP contribution in [0.5, 0.6) is 0 Å². The lowest BCUT2D eigenvalue weighted by atomic mass is 10.1. The van der Waals surface area contributed by atoms with Crippen LogP contribution >= 0.6 is 11.3 Å². The molecule has 0 bridgehead atoms. The molecule has 1 N–H and O–H groups in total. The van der Waals surface area contributed by atoms with Gasteiger partial charge in [0.15, 0.2) is 0 Å². The van der Waals surface area contributed by atoms with E-state index >= 15 is 0 Å². The number of amides is 1. The van der Waals surface area contributed by atoms with E-state index in [0.717, 1.165) is 16.1 Å². The van der Waals surface area contributed by atoms with E-state index in [-0.39, 0.29) is 5.91 Å². The summed E-state index contributed by atoms with van der Waals surface area (Å²) in [5, 5.41) is 5.67. The van der Waals surface area contributed by atoms with E-state index in [4.69, 9.17) is 0 Å². The summed E-state index contributed by atoms with van der Waals surface area (Å²) in [6, 6.07) is 11.4. The molecule has 0 saturated heterocycles. The Kier molecular flexibility index (Phi) is 2.83. The lowest BCUT2D eigenvalue weighted by molar-refractivity contribution is 0.102. The summed E-state index contributed by atoms with van der Waals surface area (Å²) < 4.78 is 0. The maximum absolute atomic E-state index is 11.8.